The van der Waals surface area contributed by atoms with Crippen molar-refractivity contribution in [2.45, 2.75) is 13.0 Å². The van der Waals surface area contributed by atoms with Gasteiger partial charge >= 0.3 is 0 Å². The molecule has 0 radical (unpaired) electrons. The molecule has 4 rings (SSSR count). The van der Waals surface area contributed by atoms with Gasteiger partial charge in [0.25, 0.3) is 5.69 Å². The van der Waals surface area contributed by atoms with Crippen LogP contribution in [-0.2, 0) is 17.8 Å². The van der Waals surface area contributed by atoms with Crippen molar-refractivity contribution >= 4 is 40.3 Å². The summed E-state index contributed by atoms with van der Waals surface area (Å²) < 4.78 is 2.11. The lowest BCUT2D eigenvalue weighted by Gasteiger charge is -2.05. The van der Waals surface area contributed by atoms with Crippen molar-refractivity contribution in [2.75, 3.05) is 0 Å². The number of rotatable bonds is 7. The average Bonchev–Trinajstić information content (AvgIpc) is 3.13. The normalized spacial score (nSPS) is 11.2. The SMILES string of the molecule is O=C(Cc1ccccc1[N+](=O)[O-])NN=Cc1cn(Cc2ccc(Cl)cc2)c2ccccc12. The Bertz CT molecular complexity index is 1310. The zero-order valence-corrected chi connectivity index (χ0v) is 17.7. The van der Waals surface area contributed by atoms with Crippen LogP contribution in [0.5, 0.6) is 0 Å². The first-order valence-electron chi connectivity index (χ1n) is 9.88. The minimum absolute atomic E-state index is 0.0862. The maximum atomic E-state index is 12.3. The minimum atomic E-state index is -0.499. The van der Waals surface area contributed by atoms with Gasteiger partial charge in [0.1, 0.15) is 0 Å². The molecule has 32 heavy (non-hydrogen) atoms. The summed E-state index contributed by atoms with van der Waals surface area (Å²) in [5.74, 6) is -0.430. The van der Waals surface area contributed by atoms with E-state index >= 15 is 0 Å². The van der Waals surface area contributed by atoms with Crippen LogP contribution in [0.25, 0.3) is 10.9 Å². The highest BCUT2D eigenvalue weighted by Crippen LogP contribution is 2.22. The van der Waals surface area contributed by atoms with E-state index in [9.17, 15) is 14.9 Å². The van der Waals surface area contributed by atoms with Gasteiger partial charge < -0.3 is 4.57 Å². The van der Waals surface area contributed by atoms with E-state index in [1.807, 2.05) is 54.7 Å². The van der Waals surface area contributed by atoms with Gasteiger partial charge in [-0.2, -0.15) is 5.10 Å². The zero-order chi connectivity index (χ0) is 22.5. The van der Waals surface area contributed by atoms with E-state index in [4.69, 9.17) is 11.6 Å². The number of aromatic nitrogens is 1. The topological polar surface area (TPSA) is 89.5 Å². The number of hydrogen-bond donors (Lipinski definition) is 1. The van der Waals surface area contributed by atoms with Gasteiger partial charge in [0, 0.05) is 45.9 Å². The number of nitrogens with zero attached hydrogens (tertiary/aromatic N) is 3. The van der Waals surface area contributed by atoms with E-state index in [-0.39, 0.29) is 12.1 Å². The van der Waals surface area contributed by atoms with Crippen molar-refractivity contribution < 1.29 is 9.72 Å². The molecule has 0 saturated heterocycles. The van der Waals surface area contributed by atoms with E-state index in [0.29, 0.717) is 17.1 Å². The van der Waals surface area contributed by atoms with Crippen LogP contribution < -0.4 is 5.43 Å². The molecule has 1 aromatic heterocycles. The number of carbonyl (C=O) groups excluding carboxylic acids is 1. The minimum Gasteiger partial charge on any atom is -0.342 e. The maximum absolute atomic E-state index is 12.3. The number of benzene rings is 3. The van der Waals surface area contributed by atoms with Gasteiger partial charge in [0.2, 0.25) is 5.91 Å². The Morgan fingerprint density at radius 3 is 2.56 bits per heavy atom. The molecule has 3 aromatic carbocycles. The summed E-state index contributed by atoms with van der Waals surface area (Å²) in [5.41, 5.74) is 5.70. The van der Waals surface area contributed by atoms with Crippen LogP contribution in [0.1, 0.15) is 16.7 Å². The van der Waals surface area contributed by atoms with Gasteiger partial charge in [0.15, 0.2) is 0 Å². The smallest absolute Gasteiger partial charge is 0.273 e. The standard InChI is InChI=1S/C24H19ClN4O3/c25-20-11-9-17(10-12-20)15-28-16-19(21-6-2-4-8-23(21)28)14-26-27-24(30)13-18-5-1-3-7-22(18)29(31)32/h1-12,14,16H,13,15H2,(H,27,30). The third-order valence-corrected chi connectivity index (χ3v) is 5.27. The predicted octanol–water partition coefficient (Wildman–Crippen LogP) is 4.94. The molecule has 0 spiro atoms. The lowest BCUT2D eigenvalue weighted by Crippen LogP contribution is -2.20. The highest BCUT2D eigenvalue weighted by atomic mass is 35.5. The Labute approximate surface area is 189 Å². The van der Waals surface area contributed by atoms with Crippen molar-refractivity contribution in [3.05, 3.63) is 111 Å². The first kappa shape index (κ1) is 21.3. The van der Waals surface area contributed by atoms with Gasteiger partial charge in [0.05, 0.1) is 17.6 Å². The molecular weight excluding hydrogens is 428 g/mol. The van der Waals surface area contributed by atoms with Crippen LogP contribution in [0.2, 0.25) is 5.02 Å². The summed E-state index contributed by atoms with van der Waals surface area (Å²) in [7, 11) is 0. The van der Waals surface area contributed by atoms with Crippen molar-refractivity contribution in [3.8, 4) is 0 Å². The molecular formula is C24H19ClN4O3. The van der Waals surface area contributed by atoms with Gasteiger partial charge in [-0.05, 0) is 23.8 Å². The lowest BCUT2D eigenvalue weighted by molar-refractivity contribution is -0.385. The maximum Gasteiger partial charge on any atom is 0.273 e. The fraction of sp³-hybridized carbons (Fsp3) is 0.0833. The van der Waals surface area contributed by atoms with Crippen LogP contribution in [-0.4, -0.2) is 21.6 Å². The summed E-state index contributed by atoms with van der Waals surface area (Å²) in [6, 6.07) is 21.8. The molecule has 8 heteroatoms. The molecule has 0 aliphatic rings. The number of nitro groups is 1. The molecule has 0 aliphatic carbocycles. The number of hydrogen-bond acceptors (Lipinski definition) is 4. The first-order chi connectivity index (χ1) is 15.5. The van der Waals surface area contributed by atoms with Crippen molar-refractivity contribution in [1.82, 2.24) is 9.99 Å². The van der Waals surface area contributed by atoms with Gasteiger partial charge in [-0.3, -0.25) is 14.9 Å². The summed E-state index contributed by atoms with van der Waals surface area (Å²) in [6.45, 7) is 0.662. The number of hydrazone groups is 1. The number of carbonyl (C=O) groups is 1. The second-order valence-corrected chi connectivity index (χ2v) is 7.65. The molecule has 0 atom stereocenters. The second kappa shape index (κ2) is 9.45. The molecule has 0 saturated carbocycles. The third-order valence-electron chi connectivity index (χ3n) is 5.02. The zero-order valence-electron chi connectivity index (χ0n) is 16.9. The third kappa shape index (κ3) is 4.84. The van der Waals surface area contributed by atoms with Gasteiger partial charge in [-0.25, -0.2) is 5.43 Å². The van der Waals surface area contributed by atoms with Crippen LogP contribution in [0.4, 0.5) is 5.69 Å². The van der Waals surface area contributed by atoms with E-state index in [1.54, 1.807) is 24.4 Å². The molecule has 4 aromatic rings. The van der Waals surface area contributed by atoms with Crippen molar-refractivity contribution in [2.24, 2.45) is 5.10 Å². The number of para-hydroxylation sites is 2. The molecule has 0 aliphatic heterocycles. The summed E-state index contributed by atoms with van der Waals surface area (Å²) in [5, 5.41) is 16.9. The Morgan fingerprint density at radius 2 is 1.78 bits per heavy atom. The Morgan fingerprint density at radius 1 is 1.06 bits per heavy atom. The predicted molar refractivity (Wildman–Crippen MR) is 125 cm³/mol. The molecule has 1 amide bonds. The Kier molecular flexibility index (Phi) is 6.28. The molecule has 1 heterocycles. The molecule has 0 unspecified atom stereocenters. The number of fused-ring (bicyclic) bond motifs is 1. The van der Waals surface area contributed by atoms with Crippen molar-refractivity contribution in [1.29, 1.82) is 0 Å². The lowest BCUT2D eigenvalue weighted by atomic mass is 10.1. The van der Waals surface area contributed by atoms with Crippen LogP contribution in [0.3, 0.4) is 0 Å². The Balaban J connectivity index is 1.50. The fourth-order valence-corrected chi connectivity index (χ4v) is 3.65. The second-order valence-electron chi connectivity index (χ2n) is 7.21. The molecule has 160 valence electrons. The highest BCUT2D eigenvalue weighted by Gasteiger charge is 2.15. The average molecular weight is 447 g/mol. The van der Waals surface area contributed by atoms with E-state index < -0.39 is 10.8 Å². The summed E-state index contributed by atoms with van der Waals surface area (Å²) in [6.07, 6.45) is 3.42. The van der Waals surface area contributed by atoms with E-state index in [0.717, 1.165) is 22.0 Å². The number of nitro benzene ring substituents is 1. The molecule has 1 N–H and O–H groups in total. The van der Waals surface area contributed by atoms with Crippen LogP contribution >= 0.6 is 11.6 Å². The van der Waals surface area contributed by atoms with Crippen molar-refractivity contribution in [3.63, 3.8) is 0 Å². The molecule has 0 fully saturated rings. The summed E-state index contributed by atoms with van der Waals surface area (Å²) >= 11 is 5.98. The van der Waals surface area contributed by atoms with Crippen LogP contribution in [0.15, 0.2) is 84.1 Å². The largest absolute Gasteiger partial charge is 0.342 e. The summed E-state index contributed by atoms with van der Waals surface area (Å²) in [4.78, 5) is 22.9. The Hall–Kier alpha value is -3.97. The number of halogens is 1. The first-order valence-corrected chi connectivity index (χ1v) is 10.3. The molecule has 7 nitrogen and oxygen atoms in total. The fourth-order valence-electron chi connectivity index (χ4n) is 3.52. The molecule has 0 bridgehead atoms. The van der Waals surface area contributed by atoms with E-state index in [1.165, 1.54) is 6.07 Å². The monoisotopic (exact) mass is 446 g/mol. The van der Waals surface area contributed by atoms with Gasteiger partial charge in [-0.1, -0.05) is 60.1 Å². The number of nitrogens with one attached hydrogen (secondary N) is 1. The number of amides is 1. The van der Waals surface area contributed by atoms with E-state index in [2.05, 4.69) is 15.1 Å². The van der Waals surface area contributed by atoms with Gasteiger partial charge in [-0.15, -0.1) is 0 Å². The van der Waals surface area contributed by atoms with Crippen LogP contribution in [0, 0.1) is 10.1 Å². The highest BCUT2D eigenvalue weighted by molar-refractivity contribution is 6.30. The quantitative estimate of drug-likeness (QED) is 0.247.